The molecule has 3 heterocycles. The largest absolute Gasteiger partial charge is 0.461 e. The molecule has 7 heteroatoms. The molecule has 0 bridgehead atoms. The fraction of sp³-hybridized carbons (Fsp3) is 0.267. The molecule has 3 rings (SSSR count). The number of amides is 3. The Morgan fingerprint density at radius 2 is 1.91 bits per heavy atom. The molecule has 1 aliphatic rings. The summed E-state index contributed by atoms with van der Waals surface area (Å²) in [4.78, 5) is 35.6. The SMILES string of the molecule is O=C(CN1C(=O)CCC1=O)NCc1ccc(-c2ccco2)o1. The predicted octanol–water partition coefficient (Wildman–Crippen LogP) is 1.30. The first-order valence-electron chi connectivity index (χ1n) is 6.86. The zero-order valence-corrected chi connectivity index (χ0v) is 11.7. The number of nitrogens with zero attached hydrogens (tertiary/aromatic N) is 1. The Morgan fingerprint density at radius 3 is 2.59 bits per heavy atom. The van der Waals surface area contributed by atoms with Gasteiger partial charge in [0.25, 0.3) is 0 Å². The number of likely N-dealkylation sites (tertiary alicyclic amines) is 1. The second-order valence-corrected chi connectivity index (χ2v) is 4.89. The smallest absolute Gasteiger partial charge is 0.240 e. The molecular formula is C15H14N2O5. The summed E-state index contributed by atoms with van der Waals surface area (Å²) in [6.07, 6.45) is 1.90. The van der Waals surface area contributed by atoms with E-state index < -0.39 is 5.91 Å². The quantitative estimate of drug-likeness (QED) is 0.840. The lowest BCUT2D eigenvalue weighted by atomic mass is 10.3. The predicted molar refractivity (Wildman–Crippen MR) is 74.2 cm³/mol. The van der Waals surface area contributed by atoms with Crippen molar-refractivity contribution >= 4 is 17.7 Å². The summed E-state index contributed by atoms with van der Waals surface area (Å²) in [5, 5.41) is 2.62. The molecular weight excluding hydrogens is 288 g/mol. The summed E-state index contributed by atoms with van der Waals surface area (Å²) >= 11 is 0. The first kappa shape index (κ1) is 14.1. The van der Waals surface area contributed by atoms with Crippen molar-refractivity contribution in [3.05, 3.63) is 36.3 Å². The Bertz CT molecular complexity index is 685. The summed E-state index contributed by atoms with van der Waals surface area (Å²) in [6, 6.07) is 6.99. The van der Waals surface area contributed by atoms with Gasteiger partial charge in [-0.2, -0.15) is 0 Å². The second-order valence-electron chi connectivity index (χ2n) is 4.89. The highest BCUT2D eigenvalue weighted by atomic mass is 16.4. The van der Waals surface area contributed by atoms with Crippen LogP contribution in [0.4, 0.5) is 0 Å². The first-order chi connectivity index (χ1) is 10.6. The molecule has 0 unspecified atom stereocenters. The maximum atomic E-state index is 11.8. The van der Waals surface area contributed by atoms with Crippen molar-refractivity contribution in [1.29, 1.82) is 0 Å². The van der Waals surface area contributed by atoms with Gasteiger partial charge in [0, 0.05) is 12.8 Å². The maximum absolute atomic E-state index is 11.8. The Kier molecular flexibility index (Phi) is 3.78. The Labute approximate surface area is 125 Å². The summed E-state index contributed by atoms with van der Waals surface area (Å²) in [5.41, 5.74) is 0. The van der Waals surface area contributed by atoms with Crippen LogP contribution in [-0.4, -0.2) is 29.2 Å². The van der Waals surface area contributed by atoms with E-state index in [1.54, 1.807) is 30.5 Å². The van der Waals surface area contributed by atoms with E-state index >= 15 is 0 Å². The molecule has 3 amide bonds. The van der Waals surface area contributed by atoms with Crippen molar-refractivity contribution < 1.29 is 23.2 Å². The molecule has 22 heavy (non-hydrogen) atoms. The lowest BCUT2D eigenvalue weighted by Crippen LogP contribution is -2.39. The van der Waals surface area contributed by atoms with E-state index in [-0.39, 0.29) is 37.7 Å². The number of imide groups is 1. The zero-order chi connectivity index (χ0) is 15.5. The molecule has 0 atom stereocenters. The van der Waals surface area contributed by atoms with Crippen LogP contribution in [0.15, 0.2) is 39.4 Å². The number of rotatable bonds is 5. The number of hydrogen-bond donors (Lipinski definition) is 1. The molecule has 0 aromatic carbocycles. The number of nitrogens with one attached hydrogen (secondary N) is 1. The fourth-order valence-electron chi connectivity index (χ4n) is 2.21. The van der Waals surface area contributed by atoms with E-state index in [2.05, 4.69) is 5.32 Å². The Balaban J connectivity index is 1.53. The highest BCUT2D eigenvalue weighted by Crippen LogP contribution is 2.22. The molecule has 7 nitrogen and oxygen atoms in total. The van der Waals surface area contributed by atoms with Crippen LogP contribution in [0.25, 0.3) is 11.5 Å². The fourth-order valence-corrected chi connectivity index (χ4v) is 2.21. The van der Waals surface area contributed by atoms with Gasteiger partial charge in [0.1, 0.15) is 12.3 Å². The number of carbonyl (C=O) groups excluding carboxylic acids is 3. The van der Waals surface area contributed by atoms with Crippen molar-refractivity contribution in [1.82, 2.24) is 10.2 Å². The Hall–Kier alpha value is -2.83. The van der Waals surface area contributed by atoms with E-state index in [1.807, 2.05) is 0 Å². The van der Waals surface area contributed by atoms with Gasteiger partial charge in [-0.05, 0) is 24.3 Å². The average Bonchev–Trinajstić information content (AvgIpc) is 3.22. The molecule has 0 saturated carbocycles. The minimum absolute atomic E-state index is 0.176. The normalized spacial score (nSPS) is 14.6. The van der Waals surface area contributed by atoms with Gasteiger partial charge in [0.2, 0.25) is 17.7 Å². The third-order valence-electron chi connectivity index (χ3n) is 3.34. The van der Waals surface area contributed by atoms with Gasteiger partial charge in [-0.15, -0.1) is 0 Å². The van der Waals surface area contributed by atoms with Crippen LogP contribution in [0.2, 0.25) is 0 Å². The molecule has 0 radical (unpaired) electrons. The van der Waals surface area contributed by atoms with E-state index in [1.165, 1.54) is 0 Å². The van der Waals surface area contributed by atoms with E-state index in [0.29, 0.717) is 17.3 Å². The molecule has 1 aliphatic heterocycles. The van der Waals surface area contributed by atoms with Crippen LogP contribution in [0.3, 0.4) is 0 Å². The summed E-state index contributed by atoms with van der Waals surface area (Å²) in [6.45, 7) is -0.0703. The monoisotopic (exact) mass is 302 g/mol. The average molecular weight is 302 g/mol. The van der Waals surface area contributed by atoms with Crippen LogP contribution >= 0.6 is 0 Å². The zero-order valence-electron chi connectivity index (χ0n) is 11.7. The van der Waals surface area contributed by atoms with Crippen LogP contribution in [0, 0.1) is 0 Å². The highest BCUT2D eigenvalue weighted by Gasteiger charge is 2.30. The minimum atomic E-state index is -0.403. The van der Waals surface area contributed by atoms with Gasteiger partial charge in [-0.1, -0.05) is 0 Å². The van der Waals surface area contributed by atoms with Gasteiger partial charge >= 0.3 is 0 Å². The van der Waals surface area contributed by atoms with Gasteiger partial charge in [-0.3, -0.25) is 19.3 Å². The molecule has 114 valence electrons. The van der Waals surface area contributed by atoms with Crippen LogP contribution in [0.5, 0.6) is 0 Å². The molecule has 1 N–H and O–H groups in total. The van der Waals surface area contributed by atoms with Gasteiger partial charge in [0.15, 0.2) is 11.5 Å². The van der Waals surface area contributed by atoms with E-state index in [0.717, 1.165) is 4.90 Å². The van der Waals surface area contributed by atoms with Gasteiger partial charge in [0.05, 0.1) is 12.8 Å². The van der Waals surface area contributed by atoms with Crippen LogP contribution in [-0.2, 0) is 20.9 Å². The van der Waals surface area contributed by atoms with Crippen LogP contribution in [0.1, 0.15) is 18.6 Å². The first-order valence-corrected chi connectivity index (χ1v) is 6.86. The van der Waals surface area contributed by atoms with Gasteiger partial charge < -0.3 is 14.2 Å². The third kappa shape index (κ3) is 2.93. The van der Waals surface area contributed by atoms with Crippen molar-refractivity contribution in [3.63, 3.8) is 0 Å². The van der Waals surface area contributed by atoms with E-state index in [4.69, 9.17) is 8.83 Å². The molecule has 0 aliphatic carbocycles. The summed E-state index contributed by atoms with van der Waals surface area (Å²) in [7, 11) is 0. The molecule has 1 saturated heterocycles. The molecule has 2 aromatic heterocycles. The molecule has 0 spiro atoms. The maximum Gasteiger partial charge on any atom is 0.240 e. The lowest BCUT2D eigenvalue weighted by Gasteiger charge is -2.12. The molecule has 2 aromatic rings. The standard InChI is InChI=1S/C15H14N2O5/c18-13(9-17-14(19)5-6-15(17)20)16-8-10-3-4-12(22-10)11-2-1-7-21-11/h1-4,7H,5-6,8-9H2,(H,16,18). The number of hydrogen-bond acceptors (Lipinski definition) is 5. The third-order valence-corrected chi connectivity index (χ3v) is 3.34. The van der Waals surface area contributed by atoms with Crippen molar-refractivity contribution in [2.24, 2.45) is 0 Å². The highest BCUT2D eigenvalue weighted by molar-refractivity contribution is 6.04. The number of carbonyl (C=O) groups is 3. The Morgan fingerprint density at radius 1 is 1.14 bits per heavy atom. The second kappa shape index (κ2) is 5.88. The summed E-state index contributed by atoms with van der Waals surface area (Å²) in [5.74, 6) is 0.708. The summed E-state index contributed by atoms with van der Waals surface area (Å²) < 4.78 is 10.7. The van der Waals surface area contributed by atoms with Crippen LogP contribution < -0.4 is 5.32 Å². The lowest BCUT2D eigenvalue weighted by molar-refractivity contribution is -0.142. The van der Waals surface area contributed by atoms with Crippen molar-refractivity contribution in [2.75, 3.05) is 6.54 Å². The topological polar surface area (TPSA) is 92.8 Å². The minimum Gasteiger partial charge on any atom is -0.461 e. The number of furan rings is 2. The van der Waals surface area contributed by atoms with Gasteiger partial charge in [-0.25, -0.2) is 0 Å². The molecule has 1 fully saturated rings. The van der Waals surface area contributed by atoms with Crippen molar-refractivity contribution in [2.45, 2.75) is 19.4 Å². The van der Waals surface area contributed by atoms with E-state index in [9.17, 15) is 14.4 Å². The van der Waals surface area contributed by atoms with Crippen molar-refractivity contribution in [3.8, 4) is 11.5 Å².